The minimum absolute atomic E-state index is 0.0291. The predicted molar refractivity (Wildman–Crippen MR) is 79.3 cm³/mol. The van der Waals surface area contributed by atoms with Crippen LogP contribution in [0.1, 0.15) is 37.1 Å². The molecule has 2 rings (SSSR count). The minimum atomic E-state index is -0.562. The van der Waals surface area contributed by atoms with Crippen LogP contribution in [0.4, 0.5) is 8.78 Å². The van der Waals surface area contributed by atoms with Gasteiger partial charge in [-0.1, -0.05) is 12.1 Å². The molecule has 1 unspecified atom stereocenters. The van der Waals surface area contributed by atoms with Crippen LogP contribution in [0.3, 0.4) is 0 Å². The normalized spacial score (nSPS) is 13.8. The number of ether oxygens (including phenoxy) is 1. The first-order valence-electron chi connectivity index (χ1n) is 6.85. The van der Waals surface area contributed by atoms with Crippen molar-refractivity contribution in [2.75, 3.05) is 7.11 Å². The van der Waals surface area contributed by atoms with E-state index in [0.29, 0.717) is 5.56 Å². The van der Waals surface area contributed by atoms with Gasteiger partial charge in [0.25, 0.3) is 0 Å². The van der Waals surface area contributed by atoms with Crippen LogP contribution in [0.15, 0.2) is 42.5 Å². The Morgan fingerprint density at radius 3 is 2.14 bits per heavy atom. The van der Waals surface area contributed by atoms with Gasteiger partial charge in [-0.15, -0.1) is 0 Å². The van der Waals surface area contributed by atoms with Gasteiger partial charge in [0.1, 0.15) is 17.4 Å². The summed E-state index contributed by atoms with van der Waals surface area (Å²) in [5, 5.41) is 3.33. The van der Waals surface area contributed by atoms with Crippen molar-refractivity contribution in [3.05, 3.63) is 65.2 Å². The largest absolute Gasteiger partial charge is 0.497 e. The molecule has 2 aromatic rings. The van der Waals surface area contributed by atoms with Crippen molar-refractivity contribution in [2.45, 2.75) is 25.9 Å². The van der Waals surface area contributed by atoms with Crippen molar-refractivity contribution >= 4 is 0 Å². The summed E-state index contributed by atoms with van der Waals surface area (Å²) >= 11 is 0. The lowest BCUT2D eigenvalue weighted by Crippen LogP contribution is -2.22. The van der Waals surface area contributed by atoms with Crippen molar-refractivity contribution in [1.82, 2.24) is 5.32 Å². The zero-order valence-corrected chi connectivity index (χ0v) is 12.4. The Balaban J connectivity index is 2.12. The third-order valence-corrected chi connectivity index (χ3v) is 3.48. The Morgan fingerprint density at radius 1 is 0.905 bits per heavy atom. The molecule has 0 amide bonds. The summed E-state index contributed by atoms with van der Waals surface area (Å²) in [7, 11) is 1.62. The summed E-state index contributed by atoms with van der Waals surface area (Å²) in [4.78, 5) is 0. The lowest BCUT2D eigenvalue weighted by Gasteiger charge is -2.21. The minimum Gasteiger partial charge on any atom is -0.497 e. The molecule has 0 saturated carbocycles. The van der Waals surface area contributed by atoms with Gasteiger partial charge in [-0.05, 0) is 49.2 Å². The molecular weight excluding hydrogens is 272 g/mol. The van der Waals surface area contributed by atoms with Crippen LogP contribution in [0.25, 0.3) is 0 Å². The maximum Gasteiger partial charge on any atom is 0.126 e. The van der Waals surface area contributed by atoms with Gasteiger partial charge in [0.05, 0.1) is 7.11 Å². The molecule has 0 fully saturated rings. The van der Waals surface area contributed by atoms with Crippen molar-refractivity contribution in [2.24, 2.45) is 0 Å². The van der Waals surface area contributed by atoms with E-state index in [1.807, 2.05) is 38.1 Å². The van der Waals surface area contributed by atoms with E-state index >= 15 is 0 Å². The van der Waals surface area contributed by atoms with Gasteiger partial charge in [-0.25, -0.2) is 8.78 Å². The first-order chi connectivity index (χ1) is 9.99. The van der Waals surface area contributed by atoms with Crippen molar-refractivity contribution in [3.8, 4) is 5.75 Å². The van der Waals surface area contributed by atoms with E-state index < -0.39 is 11.6 Å². The summed E-state index contributed by atoms with van der Waals surface area (Å²) in [6.45, 7) is 3.88. The molecule has 0 aliphatic carbocycles. The zero-order valence-electron chi connectivity index (χ0n) is 12.4. The smallest absolute Gasteiger partial charge is 0.126 e. The topological polar surface area (TPSA) is 21.3 Å². The molecule has 0 aromatic heterocycles. The summed E-state index contributed by atoms with van der Waals surface area (Å²) < 4.78 is 31.7. The number of hydrogen-bond donors (Lipinski definition) is 1. The average molecular weight is 291 g/mol. The number of halogens is 2. The fourth-order valence-electron chi connectivity index (χ4n) is 2.30. The molecule has 0 radical (unpaired) electrons. The molecule has 112 valence electrons. The Labute approximate surface area is 123 Å². The summed E-state index contributed by atoms with van der Waals surface area (Å²) in [6.07, 6.45) is 0. The van der Waals surface area contributed by atoms with Crippen molar-refractivity contribution in [3.63, 3.8) is 0 Å². The fourth-order valence-corrected chi connectivity index (χ4v) is 2.30. The van der Waals surface area contributed by atoms with E-state index in [2.05, 4.69) is 5.32 Å². The average Bonchev–Trinajstić information content (AvgIpc) is 2.46. The van der Waals surface area contributed by atoms with E-state index in [1.54, 1.807) is 7.11 Å². The highest BCUT2D eigenvalue weighted by Crippen LogP contribution is 2.23. The van der Waals surface area contributed by atoms with Gasteiger partial charge >= 0.3 is 0 Å². The van der Waals surface area contributed by atoms with E-state index in [-0.39, 0.29) is 12.1 Å². The van der Waals surface area contributed by atoms with Crippen LogP contribution in [0.2, 0.25) is 0 Å². The van der Waals surface area contributed by atoms with Gasteiger partial charge in [0.15, 0.2) is 0 Å². The van der Waals surface area contributed by atoms with Gasteiger partial charge < -0.3 is 10.1 Å². The summed E-state index contributed by atoms with van der Waals surface area (Å²) in [5.41, 5.74) is 1.64. The highest BCUT2D eigenvalue weighted by Gasteiger charge is 2.13. The molecule has 2 aromatic carbocycles. The molecule has 0 aliphatic heterocycles. The summed E-state index contributed by atoms with van der Waals surface area (Å²) in [5.74, 6) is -0.342. The monoisotopic (exact) mass is 291 g/mol. The maximum absolute atomic E-state index is 13.3. The molecule has 0 bridgehead atoms. The molecule has 1 N–H and O–H groups in total. The van der Waals surface area contributed by atoms with Crippen LogP contribution in [-0.4, -0.2) is 7.11 Å². The van der Waals surface area contributed by atoms with Crippen molar-refractivity contribution in [1.29, 1.82) is 0 Å². The Morgan fingerprint density at radius 2 is 1.52 bits per heavy atom. The second kappa shape index (κ2) is 6.68. The Kier molecular flexibility index (Phi) is 4.91. The summed E-state index contributed by atoms with van der Waals surface area (Å²) in [6, 6.07) is 11.1. The van der Waals surface area contributed by atoms with E-state index in [0.717, 1.165) is 17.4 Å². The van der Waals surface area contributed by atoms with Crippen LogP contribution in [0.5, 0.6) is 5.75 Å². The van der Waals surface area contributed by atoms with E-state index in [4.69, 9.17) is 4.74 Å². The number of hydrogen-bond acceptors (Lipinski definition) is 2. The van der Waals surface area contributed by atoms with Gasteiger partial charge in [0, 0.05) is 18.2 Å². The molecule has 0 aliphatic rings. The second-order valence-electron chi connectivity index (χ2n) is 5.09. The standard InChI is InChI=1S/C17H19F2NO/c1-11(13-5-4-6-17(9-13)21-3)20-12(2)14-7-15(18)10-16(19)8-14/h4-12,20H,1-3H3/t11-,12?/m0/s1. The van der Waals surface area contributed by atoms with Gasteiger partial charge in [0.2, 0.25) is 0 Å². The fraction of sp³-hybridized carbons (Fsp3) is 0.294. The second-order valence-corrected chi connectivity index (χ2v) is 5.09. The number of nitrogens with one attached hydrogen (secondary N) is 1. The first-order valence-corrected chi connectivity index (χ1v) is 6.85. The molecule has 0 saturated heterocycles. The van der Waals surface area contributed by atoms with E-state index in [9.17, 15) is 8.78 Å². The van der Waals surface area contributed by atoms with E-state index in [1.165, 1.54) is 12.1 Å². The lowest BCUT2D eigenvalue weighted by molar-refractivity contribution is 0.412. The molecule has 2 nitrogen and oxygen atoms in total. The van der Waals surface area contributed by atoms with Gasteiger partial charge in [-0.2, -0.15) is 0 Å². The van der Waals surface area contributed by atoms with Gasteiger partial charge in [-0.3, -0.25) is 0 Å². The van der Waals surface area contributed by atoms with Crippen LogP contribution in [0, 0.1) is 11.6 Å². The SMILES string of the molecule is COc1cccc([C@H](C)NC(C)c2cc(F)cc(F)c2)c1. The quantitative estimate of drug-likeness (QED) is 0.882. The molecule has 0 spiro atoms. The molecule has 0 heterocycles. The Bertz CT molecular complexity index is 595. The van der Waals surface area contributed by atoms with Crippen LogP contribution < -0.4 is 10.1 Å². The highest BCUT2D eigenvalue weighted by atomic mass is 19.1. The van der Waals surface area contributed by atoms with Crippen molar-refractivity contribution < 1.29 is 13.5 Å². The first kappa shape index (κ1) is 15.4. The zero-order chi connectivity index (χ0) is 15.4. The maximum atomic E-state index is 13.3. The number of benzene rings is 2. The van der Waals surface area contributed by atoms with Crippen LogP contribution in [-0.2, 0) is 0 Å². The Hall–Kier alpha value is -1.94. The van der Waals surface area contributed by atoms with Crippen LogP contribution >= 0.6 is 0 Å². The third-order valence-electron chi connectivity index (χ3n) is 3.48. The molecule has 21 heavy (non-hydrogen) atoms. The number of rotatable bonds is 5. The lowest BCUT2D eigenvalue weighted by atomic mass is 10.0. The third kappa shape index (κ3) is 4.02. The molecular formula is C17H19F2NO. The highest BCUT2D eigenvalue weighted by molar-refractivity contribution is 5.30. The number of methoxy groups -OCH3 is 1. The molecule has 4 heteroatoms. The predicted octanol–water partition coefficient (Wildman–Crippen LogP) is 4.39. The molecule has 2 atom stereocenters.